The number of anilines is 1. The van der Waals surface area contributed by atoms with Gasteiger partial charge in [0.25, 0.3) is 0 Å². The Bertz CT molecular complexity index is 1140. The maximum absolute atomic E-state index is 12.2. The van der Waals surface area contributed by atoms with Gasteiger partial charge in [0.1, 0.15) is 12.4 Å². The van der Waals surface area contributed by atoms with Crippen LogP contribution in [0.5, 0.6) is 5.75 Å². The Morgan fingerprint density at radius 1 is 0.970 bits per heavy atom. The predicted octanol–water partition coefficient (Wildman–Crippen LogP) is 5.51. The van der Waals surface area contributed by atoms with Crippen LogP contribution in [0.3, 0.4) is 0 Å². The van der Waals surface area contributed by atoms with Crippen LogP contribution in [0.15, 0.2) is 76.3 Å². The van der Waals surface area contributed by atoms with Gasteiger partial charge >= 0.3 is 0 Å². The van der Waals surface area contributed by atoms with Crippen LogP contribution in [0.1, 0.15) is 35.1 Å². The Morgan fingerprint density at radius 2 is 1.70 bits per heavy atom. The summed E-state index contributed by atoms with van der Waals surface area (Å²) in [5, 5.41) is 6.85. The average molecular weight is 508 g/mol. The summed E-state index contributed by atoms with van der Waals surface area (Å²) in [6.45, 7) is 4.35. The number of halogens is 1. The number of hydrazone groups is 1. The summed E-state index contributed by atoms with van der Waals surface area (Å²) in [5.41, 5.74) is 7.11. The van der Waals surface area contributed by atoms with E-state index in [2.05, 4.69) is 31.8 Å². The molecular weight excluding hydrogens is 482 g/mol. The van der Waals surface area contributed by atoms with E-state index in [-0.39, 0.29) is 24.7 Å². The number of benzene rings is 3. The third-order valence-corrected chi connectivity index (χ3v) is 5.38. The Balaban J connectivity index is 1.47. The highest BCUT2D eigenvalue weighted by molar-refractivity contribution is 9.10. The Kier molecular flexibility index (Phi) is 8.78. The van der Waals surface area contributed by atoms with Gasteiger partial charge in [-0.1, -0.05) is 57.9 Å². The second kappa shape index (κ2) is 12.0. The smallest absolute Gasteiger partial charge is 0.240 e. The third-order valence-electron chi connectivity index (χ3n) is 4.85. The summed E-state index contributed by atoms with van der Waals surface area (Å²) >= 11 is 3.42. The van der Waals surface area contributed by atoms with Gasteiger partial charge < -0.3 is 10.1 Å². The molecule has 33 heavy (non-hydrogen) atoms. The van der Waals surface area contributed by atoms with E-state index in [0.29, 0.717) is 12.4 Å². The molecule has 0 unspecified atom stereocenters. The molecule has 3 aromatic rings. The number of nitrogens with one attached hydrogen (secondary N) is 2. The van der Waals surface area contributed by atoms with E-state index < -0.39 is 0 Å². The van der Waals surface area contributed by atoms with Gasteiger partial charge in [0.05, 0.1) is 6.21 Å². The lowest BCUT2D eigenvalue weighted by atomic mass is 10.1. The zero-order valence-electron chi connectivity index (χ0n) is 18.6. The summed E-state index contributed by atoms with van der Waals surface area (Å²) in [6.07, 6.45) is 1.64. The van der Waals surface area contributed by atoms with Crippen molar-refractivity contribution in [2.45, 2.75) is 33.3 Å². The normalized spacial score (nSPS) is 10.8. The number of para-hydroxylation sites is 1. The minimum Gasteiger partial charge on any atom is -0.488 e. The minimum absolute atomic E-state index is 0.0375. The molecule has 0 saturated carbocycles. The van der Waals surface area contributed by atoms with Crippen LogP contribution in [-0.2, 0) is 16.2 Å². The number of hydrogen-bond acceptors (Lipinski definition) is 4. The van der Waals surface area contributed by atoms with Crippen LogP contribution in [-0.4, -0.2) is 18.0 Å². The fraction of sp³-hybridized carbons (Fsp3) is 0.192. The van der Waals surface area contributed by atoms with Crippen molar-refractivity contribution in [2.24, 2.45) is 5.10 Å². The lowest BCUT2D eigenvalue weighted by Gasteiger charge is -2.09. The van der Waals surface area contributed by atoms with Crippen LogP contribution in [0.4, 0.5) is 5.69 Å². The molecule has 0 fully saturated rings. The number of aryl methyl sites for hydroxylation is 2. The van der Waals surface area contributed by atoms with Gasteiger partial charge in [-0.15, -0.1) is 0 Å². The van der Waals surface area contributed by atoms with Crippen molar-refractivity contribution in [3.05, 3.63) is 93.5 Å². The molecule has 0 aliphatic heterocycles. The molecule has 0 spiro atoms. The average Bonchev–Trinajstić information content (AvgIpc) is 2.80. The SMILES string of the molecule is Cc1ccc(NC(=O)CCC(=O)NN=Cc2ccccc2OCc2ccc(Br)cc2)c(C)c1. The lowest BCUT2D eigenvalue weighted by Crippen LogP contribution is -2.21. The van der Waals surface area contributed by atoms with Crippen LogP contribution in [0.2, 0.25) is 0 Å². The molecule has 0 bridgehead atoms. The van der Waals surface area contributed by atoms with E-state index in [1.54, 1.807) is 0 Å². The summed E-state index contributed by atoms with van der Waals surface area (Å²) < 4.78 is 6.91. The van der Waals surface area contributed by atoms with Crippen LogP contribution in [0.25, 0.3) is 0 Å². The highest BCUT2D eigenvalue weighted by Crippen LogP contribution is 2.19. The van der Waals surface area contributed by atoms with E-state index in [0.717, 1.165) is 32.4 Å². The first-order chi connectivity index (χ1) is 15.9. The molecule has 0 aliphatic rings. The summed E-state index contributed by atoms with van der Waals surface area (Å²) in [7, 11) is 0. The molecular formula is C26H26BrN3O3. The van der Waals surface area contributed by atoms with Crippen LogP contribution >= 0.6 is 15.9 Å². The summed E-state index contributed by atoms with van der Waals surface area (Å²) in [6, 6.07) is 21.1. The highest BCUT2D eigenvalue weighted by Gasteiger charge is 2.08. The zero-order valence-corrected chi connectivity index (χ0v) is 20.2. The number of carbonyl (C=O) groups is 2. The van der Waals surface area contributed by atoms with Crippen LogP contribution < -0.4 is 15.5 Å². The molecule has 3 aromatic carbocycles. The van der Waals surface area contributed by atoms with Crippen molar-refractivity contribution in [3.63, 3.8) is 0 Å². The minimum atomic E-state index is -0.338. The van der Waals surface area contributed by atoms with Crippen molar-refractivity contribution in [1.29, 1.82) is 0 Å². The first-order valence-corrected chi connectivity index (χ1v) is 11.4. The van der Waals surface area contributed by atoms with Gasteiger partial charge in [0, 0.05) is 28.6 Å². The first kappa shape index (κ1) is 24.2. The van der Waals surface area contributed by atoms with E-state index in [1.807, 2.05) is 80.6 Å². The molecule has 7 heteroatoms. The first-order valence-electron chi connectivity index (χ1n) is 10.6. The maximum atomic E-state index is 12.2. The number of carbonyl (C=O) groups excluding carboxylic acids is 2. The van der Waals surface area contributed by atoms with Gasteiger partial charge in [-0.2, -0.15) is 5.10 Å². The predicted molar refractivity (Wildman–Crippen MR) is 134 cm³/mol. The Labute approximate surface area is 202 Å². The molecule has 6 nitrogen and oxygen atoms in total. The van der Waals surface area contributed by atoms with Gasteiger partial charge in [0.15, 0.2) is 0 Å². The van der Waals surface area contributed by atoms with Gasteiger partial charge in [-0.05, 0) is 55.3 Å². The Hall–Kier alpha value is -3.45. The third kappa shape index (κ3) is 7.88. The quantitative estimate of drug-likeness (QED) is 0.295. The van der Waals surface area contributed by atoms with Crippen molar-refractivity contribution in [1.82, 2.24) is 5.43 Å². The topological polar surface area (TPSA) is 79.8 Å². The zero-order chi connectivity index (χ0) is 23.6. The van der Waals surface area contributed by atoms with Crippen molar-refractivity contribution in [3.8, 4) is 5.75 Å². The second-order valence-corrected chi connectivity index (χ2v) is 8.53. The maximum Gasteiger partial charge on any atom is 0.240 e. The van der Waals surface area contributed by atoms with Crippen molar-refractivity contribution >= 4 is 39.6 Å². The molecule has 0 saturated heterocycles. The molecule has 0 radical (unpaired) electrons. The molecule has 0 aliphatic carbocycles. The largest absolute Gasteiger partial charge is 0.488 e. The number of rotatable bonds is 9. The molecule has 0 heterocycles. The van der Waals surface area contributed by atoms with Crippen molar-refractivity contribution in [2.75, 3.05) is 5.32 Å². The van der Waals surface area contributed by atoms with E-state index in [4.69, 9.17) is 4.74 Å². The monoisotopic (exact) mass is 507 g/mol. The molecule has 2 N–H and O–H groups in total. The Morgan fingerprint density at radius 3 is 2.45 bits per heavy atom. The number of amides is 2. The van der Waals surface area contributed by atoms with Crippen LogP contribution in [0, 0.1) is 13.8 Å². The number of nitrogens with zero attached hydrogens (tertiary/aromatic N) is 1. The fourth-order valence-electron chi connectivity index (χ4n) is 3.08. The van der Waals surface area contributed by atoms with Gasteiger partial charge in [-0.25, -0.2) is 5.43 Å². The molecule has 2 amide bonds. The highest BCUT2D eigenvalue weighted by atomic mass is 79.9. The molecule has 0 aromatic heterocycles. The van der Waals surface area contributed by atoms with E-state index >= 15 is 0 Å². The lowest BCUT2D eigenvalue weighted by molar-refractivity contribution is -0.124. The molecule has 3 rings (SSSR count). The number of hydrogen-bond donors (Lipinski definition) is 2. The number of ether oxygens (including phenoxy) is 1. The van der Waals surface area contributed by atoms with E-state index in [9.17, 15) is 9.59 Å². The summed E-state index contributed by atoms with van der Waals surface area (Å²) in [4.78, 5) is 24.2. The van der Waals surface area contributed by atoms with Gasteiger partial charge in [-0.3, -0.25) is 9.59 Å². The summed E-state index contributed by atoms with van der Waals surface area (Å²) in [5.74, 6) is 0.106. The van der Waals surface area contributed by atoms with Crippen molar-refractivity contribution < 1.29 is 14.3 Å². The van der Waals surface area contributed by atoms with E-state index in [1.165, 1.54) is 6.21 Å². The molecule has 170 valence electrons. The fourth-order valence-corrected chi connectivity index (χ4v) is 3.35. The molecule has 0 atom stereocenters. The van der Waals surface area contributed by atoms with Gasteiger partial charge in [0.2, 0.25) is 11.8 Å². The standard InChI is InChI=1S/C26H26BrN3O3/c1-18-7-12-23(19(2)15-18)29-25(31)13-14-26(32)30-28-16-21-5-3-4-6-24(21)33-17-20-8-10-22(27)11-9-20/h3-12,15-16H,13-14,17H2,1-2H3,(H,29,31)(H,30,32). The second-order valence-electron chi connectivity index (χ2n) is 7.61.